The highest BCUT2D eigenvalue weighted by Gasteiger charge is 2.46. The minimum atomic E-state index is -0.0432. The summed E-state index contributed by atoms with van der Waals surface area (Å²) in [5, 5.41) is 0. The Morgan fingerprint density at radius 3 is 3.11 bits per heavy atom. The van der Waals surface area contributed by atoms with Crippen LogP contribution < -0.4 is 0 Å². The van der Waals surface area contributed by atoms with Gasteiger partial charge in [-0.15, -0.1) is 0 Å². The minimum Gasteiger partial charge on any atom is -0.438 e. The number of piperidine rings is 1. The van der Waals surface area contributed by atoms with E-state index < -0.39 is 0 Å². The number of oxazole rings is 1. The number of likely N-dealkylation sites (tertiary alicyclic amines) is 1. The molecule has 5 nitrogen and oxygen atoms in total. The topological polar surface area (TPSA) is 55.6 Å². The van der Waals surface area contributed by atoms with Crippen LogP contribution in [0.1, 0.15) is 42.7 Å². The summed E-state index contributed by atoms with van der Waals surface area (Å²) in [6.45, 7) is 1.59. The predicted molar refractivity (Wildman–Crippen MR) is 68.7 cm³/mol. The fraction of sp³-hybridized carbons (Fsp3) is 0.714. The predicted octanol–water partition coefficient (Wildman–Crippen LogP) is 2.10. The second-order valence-corrected chi connectivity index (χ2v) is 5.67. The lowest BCUT2D eigenvalue weighted by molar-refractivity contribution is -0.0301. The van der Waals surface area contributed by atoms with E-state index in [-0.39, 0.29) is 17.4 Å². The van der Waals surface area contributed by atoms with Crippen molar-refractivity contribution in [2.75, 3.05) is 20.2 Å². The molecule has 1 aliphatic heterocycles. The third kappa shape index (κ3) is 2.16. The largest absolute Gasteiger partial charge is 0.438 e. The van der Waals surface area contributed by atoms with Gasteiger partial charge in [-0.3, -0.25) is 4.79 Å². The molecule has 1 aromatic rings. The number of nitrogens with zero attached hydrogens (tertiary/aromatic N) is 2. The molecule has 1 spiro atoms. The molecule has 0 N–H and O–H groups in total. The van der Waals surface area contributed by atoms with Crippen LogP contribution in [0.2, 0.25) is 0 Å². The summed E-state index contributed by atoms with van der Waals surface area (Å²) < 4.78 is 10.8. The highest BCUT2D eigenvalue weighted by molar-refractivity contribution is 5.91. The second-order valence-electron chi connectivity index (χ2n) is 5.67. The smallest absolute Gasteiger partial charge is 0.291 e. The van der Waals surface area contributed by atoms with Gasteiger partial charge in [-0.2, -0.15) is 0 Å². The number of hydrogen-bond donors (Lipinski definition) is 0. The van der Waals surface area contributed by atoms with E-state index in [0.717, 1.165) is 38.8 Å². The number of carbonyl (C=O) groups is 1. The highest BCUT2D eigenvalue weighted by Crippen LogP contribution is 2.46. The molecule has 2 fully saturated rings. The van der Waals surface area contributed by atoms with Gasteiger partial charge in [-0.1, -0.05) is 6.42 Å². The van der Waals surface area contributed by atoms with Crippen LogP contribution in [0, 0.1) is 5.41 Å². The Balaban J connectivity index is 1.76. The van der Waals surface area contributed by atoms with Crippen LogP contribution >= 0.6 is 0 Å². The van der Waals surface area contributed by atoms with Gasteiger partial charge in [-0.05, 0) is 25.7 Å². The molecule has 1 amide bonds. The number of carbonyl (C=O) groups excluding carboxylic acids is 1. The van der Waals surface area contributed by atoms with E-state index in [0.29, 0.717) is 5.76 Å². The average Bonchev–Trinajstić information content (AvgIpc) is 3.08. The molecular formula is C14H20N2O3. The van der Waals surface area contributed by atoms with Gasteiger partial charge in [-0.25, -0.2) is 4.98 Å². The first-order valence-corrected chi connectivity index (χ1v) is 6.96. The van der Waals surface area contributed by atoms with Crippen LogP contribution in [0.4, 0.5) is 0 Å². The molecule has 2 aliphatic rings. The molecule has 19 heavy (non-hydrogen) atoms. The molecule has 1 saturated carbocycles. The maximum Gasteiger partial charge on any atom is 0.291 e. The zero-order valence-electron chi connectivity index (χ0n) is 11.3. The lowest BCUT2D eigenvalue weighted by Crippen LogP contribution is -2.49. The van der Waals surface area contributed by atoms with E-state index in [1.165, 1.54) is 19.0 Å². The van der Waals surface area contributed by atoms with Crippen LogP contribution in [-0.2, 0) is 4.74 Å². The molecule has 1 saturated heterocycles. The first kappa shape index (κ1) is 12.7. The summed E-state index contributed by atoms with van der Waals surface area (Å²) in [5.74, 6) is 0.294. The molecule has 5 heteroatoms. The summed E-state index contributed by atoms with van der Waals surface area (Å²) in [7, 11) is 1.79. The number of methoxy groups -OCH3 is 1. The van der Waals surface area contributed by atoms with Crippen molar-refractivity contribution < 1.29 is 13.9 Å². The van der Waals surface area contributed by atoms with Gasteiger partial charge in [0.05, 0.1) is 12.3 Å². The molecule has 104 valence electrons. The number of rotatable bonds is 2. The van der Waals surface area contributed by atoms with Crippen molar-refractivity contribution in [1.82, 2.24) is 9.88 Å². The first-order chi connectivity index (χ1) is 9.25. The first-order valence-electron chi connectivity index (χ1n) is 6.96. The monoisotopic (exact) mass is 264 g/mol. The van der Waals surface area contributed by atoms with Gasteiger partial charge in [0.15, 0.2) is 6.39 Å². The van der Waals surface area contributed by atoms with Crippen LogP contribution in [0.5, 0.6) is 0 Å². The third-order valence-corrected chi connectivity index (χ3v) is 4.65. The van der Waals surface area contributed by atoms with Crippen molar-refractivity contribution in [3.8, 4) is 0 Å². The van der Waals surface area contributed by atoms with Crippen LogP contribution in [0.15, 0.2) is 17.0 Å². The Labute approximate surface area is 112 Å². The second kappa shape index (κ2) is 4.96. The average molecular weight is 264 g/mol. The molecule has 0 bridgehead atoms. The van der Waals surface area contributed by atoms with Crippen molar-refractivity contribution in [1.29, 1.82) is 0 Å². The summed E-state index contributed by atoms with van der Waals surface area (Å²) in [6, 6.07) is 0. The van der Waals surface area contributed by atoms with E-state index in [1.807, 2.05) is 4.90 Å². The lowest BCUT2D eigenvalue weighted by atomic mass is 9.76. The Morgan fingerprint density at radius 2 is 2.37 bits per heavy atom. The Morgan fingerprint density at radius 1 is 1.53 bits per heavy atom. The molecular weight excluding hydrogens is 244 g/mol. The summed E-state index contributed by atoms with van der Waals surface area (Å²) >= 11 is 0. The van der Waals surface area contributed by atoms with Crippen LogP contribution in [0.3, 0.4) is 0 Å². The molecule has 0 aromatic carbocycles. The number of ether oxygens (including phenoxy) is 1. The maximum atomic E-state index is 12.3. The van der Waals surface area contributed by atoms with Gasteiger partial charge < -0.3 is 14.1 Å². The zero-order valence-corrected chi connectivity index (χ0v) is 11.3. The Hall–Kier alpha value is -1.36. The van der Waals surface area contributed by atoms with Crippen molar-refractivity contribution in [3.05, 3.63) is 18.4 Å². The molecule has 0 radical (unpaired) electrons. The van der Waals surface area contributed by atoms with Crippen molar-refractivity contribution >= 4 is 5.91 Å². The van der Waals surface area contributed by atoms with Gasteiger partial charge in [0.1, 0.15) is 0 Å². The van der Waals surface area contributed by atoms with Crippen molar-refractivity contribution in [3.63, 3.8) is 0 Å². The molecule has 3 rings (SSSR count). The summed E-state index contributed by atoms with van der Waals surface area (Å²) in [5.41, 5.74) is 0.155. The number of hydrogen-bond acceptors (Lipinski definition) is 4. The standard InChI is InChI=1S/C14H20N2O3/c1-18-12-4-2-5-14(12)6-3-7-16(9-14)13(17)11-8-15-10-19-11/h8,10,12H,2-7,9H2,1H3/t12-,14-/m1/s1. The fourth-order valence-corrected chi connectivity index (χ4v) is 3.75. The SMILES string of the molecule is CO[C@@H]1CCC[C@]12CCCN(C(=O)c1cnco1)C2. The van der Waals surface area contributed by atoms with Gasteiger partial charge >= 0.3 is 0 Å². The zero-order chi connectivity index (χ0) is 13.3. The van der Waals surface area contributed by atoms with Crippen molar-refractivity contribution in [2.45, 2.75) is 38.2 Å². The molecule has 1 aromatic heterocycles. The normalized spacial score (nSPS) is 31.0. The number of amides is 1. The quantitative estimate of drug-likeness (QED) is 0.820. The summed E-state index contributed by atoms with van der Waals surface area (Å²) in [4.78, 5) is 18.1. The molecule has 1 aliphatic carbocycles. The van der Waals surface area contributed by atoms with Crippen molar-refractivity contribution in [2.24, 2.45) is 5.41 Å². The fourth-order valence-electron chi connectivity index (χ4n) is 3.75. The van der Waals surface area contributed by atoms with Crippen LogP contribution in [-0.4, -0.2) is 42.1 Å². The van der Waals surface area contributed by atoms with Gasteiger partial charge in [0.2, 0.25) is 5.76 Å². The van der Waals surface area contributed by atoms with Gasteiger partial charge in [0.25, 0.3) is 5.91 Å². The maximum absolute atomic E-state index is 12.3. The molecule has 0 unspecified atom stereocenters. The number of aromatic nitrogens is 1. The third-order valence-electron chi connectivity index (χ3n) is 4.65. The van der Waals surface area contributed by atoms with Crippen LogP contribution in [0.25, 0.3) is 0 Å². The van der Waals surface area contributed by atoms with E-state index in [2.05, 4.69) is 4.98 Å². The van der Waals surface area contributed by atoms with E-state index in [1.54, 1.807) is 7.11 Å². The summed E-state index contributed by atoms with van der Waals surface area (Å²) in [6.07, 6.45) is 8.76. The van der Waals surface area contributed by atoms with E-state index in [9.17, 15) is 4.79 Å². The highest BCUT2D eigenvalue weighted by atomic mass is 16.5. The molecule has 2 heterocycles. The Kier molecular flexibility index (Phi) is 3.31. The Bertz CT molecular complexity index is 446. The molecule has 2 atom stereocenters. The van der Waals surface area contributed by atoms with Gasteiger partial charge in [0, 0.05) is 25.6 Å². The minimum absolute atomic E-state index is 0.0432. The van der Waals surface area contributed by atoms with E-state index >= 15 is 0 Å². The van der Waals surface area contributed by atoms with E-state index in [4.69, 9.17) is 9.15 Å². The lowest BCUT2D eigenvalue weighted by Gasteiger charge is -2.43.